The molecule has 0 aliphatic rings. The minimum atomic E-state index is -0.979. The van der Waals surface area contributed by atoms with E-state index in [4.69, 9.17) is 0 Å². The second kappa shape index (κ2) is 11.4. The van der Waals surface area contributed by atoms with Crippen LogP contribution in [0.15, 0.2) is 0 Å². The van der Waals surface area contributed by atoms with Crippen LogP contribution < -0.4 is 0 Å². The van der Waals surface area contributed by atoms with Crippen molar-refractivity contribution in [2.75, 3.05) is 21.3 Å². The summed E-state index contributed by atoms with van der Waals surface area (Å²) in [6.07, 6.45) is 0. The van der Waals surface area contributed by atoms with Crippen molar-refractivity contribution in [2.24, 2.45) is 0 Å². The highest BCUT2D eigenvalue weighted by Crippen LogP contribution is 1.75. The number of carbonyl (C=O) groups is 3. The molecular formula is C8H16O6. The fourth-order valence-corrected chi connectivity index (χ4v) is 0.167. The zero-order valence-electron chi connectivity index (χ0n) is 7.95. The summed E-state index contributed by atoms with van der Waals surface area (Å²) in [4.78, 5) is 29.7. The third-order valence-corrected chi connectivity index (χ3v) is 0.825. The van der Waals surface area contributed by atoms with Gasteiger partial charge in [-0.05, 0) is 0 Å². The molecule has 0 spiro atoms. The van der Waals surface area contributed by atoms with E-state index in [2.05, 4.69) is 14.2 Å². The summed E-state index contributed by atoms with van der Waals surface area (Å²) in [7, 11) is 3.57. The minimum Gasteiger partial charge on any atom is -0.469 e. The molecule has 0 amide bonds. The second-order valence-corrected chi connectivity index (χ2v) is 1.68. The maximum atomic E-state index is 10.0. The largest absolute Gasteiger partial charge is 0.469 e. The summed E-state index contributed by atoms with van der Waals surface area (Å²) in [5.41, 5.74) is 0. The van der Waals surface area contributed by atoms with Crippen LogP contribution in [-0.4, -0.2) is 39.2 Å². The zero-order chi connectivity index (χ0) is 10.9. The van der Waals surface area contributed by atoms with E-state index in [9.17, 15) is 14.4 Å². The Hall–Kier alpha value is -1.59. The van der Waals surface area contributed by atoms with Crippen LogP contribution in [0.1, 0.15) is 14.4 Å². The van der Waals surface area contributed by atoms with Crippen LogP contribution in [0.5, 0.6) is 0 Å². The third-order valence-electron chi connectivity index (χ3n) is 0.825. The van der Waals surface area contributed by atoms with Crippen LogP contribution >= 0.6 is 0 Å². The van der Waals surface area contributed by atoms with Gasteiger partial charge >= 0.3 is 17.9 Å². The second-order valence-electron chi connectivity index (χ2n) is 1.68. The van der Waals surface area contributed by atoms with Crippen LogP contribution in [0.25, 0.3) is 0 Å². The summed E-state index contributed by atoms with van der Waals surface area (Å²) >= 11 is 0. The Balaban J connectivity index is -0.000000177. The number of rotatable bonds is 0. The van der Waals surface area contributed by atoms with Crippen molar-refractivity contribution in [2.45, 2.75) is 14.4 Å². The minimum absolute atomic E-state index is 0. The van der Waals surface area contributed by atoms with Crippen molar-refractivity contribution in [3.8, 4) is 0 Å². The Morgan fingerprint density at radius 3 is 1.07 bits per heavy atom. The Labute approximate surface area is 83.1 Å². The molecule has 0 atom stereocenters. The van der Waals surface area contributed by atoms with Gasteiger partial charge in [0.05, 0.1) is 21.3 Å². The van der Waals surface area contributed by atoms with Crippen molar-refractivity contribution in [1.29, 1.82) is 0 Å². The Morgan fingerprint density at radius 2 is 1.00 bits per heavy atom. The molecule has 0 bridgehead atoms. The van der Waals surface area contributed by atoms with Crippen molar-refractivity contribution >= 4 is 17.9 Å². The topological polar surface area (TPSA) is 78.9 Å². The first-order chi connectivity index (χ1) is 5.99. The van der Waals surface area contributed by atoms with Crippen molar-refractivity contribution < 1.29 is 28.6 Å². The van der Waals surface area contributed by atoms with Gasteiger partial charge in [-0.1, -0.05) is 7.43 Å². The molecule has 0 saturated carbocycles. The van der Waals surface area contributed by atoms with Crippen molar-refractivity contribution in [3.63, 3.8) is 0 Å². The standard InChI is InChI=1S/C4H6O4.C3H6O2.CH4/c1-7-3(5)4(6)8-2;1-3(4)5-2;/h1-2H3;1-2H3;1H4. The number of hydrogen-bond donors (Lipinski definition) is 0. The highest BCUT2D eigenvalue weighted by Gasteiger charge is 2.11. The Bertz CT molecular complexity index is 172. The number of ether oxygens (including phenoxy) is 3. The molecule has 0 aromatic heterocycles. The van der Waals surface area contributed by atoms with Gasteiger partial charge in [0, 0.05) is 6.92 Å². The maximum Gasteiger partial charge on any atom is 0.417 e. The first-order valence-electron chi connectivity index (χ1n) is 3.20. The average Bonchev–Trinajstić information content (AvgIpc) is 2.16. The highest BCUT2D eigenvalue weighted by atomic mass is 16.6. The number of methoxy groups -OCH3 is 3. The molecule has 14 heavy (non-hydrogen) atoms. The summed E-state index contributed by atoms with van der Waals surface area (Å²) < 4.78 is 12.1. The van der Waals surface area contributed by atoms with Gasteiger partial charge in [0.25, 0.3) is 0 Å². The molecule has 84 valence electrons. The van der Waals surface area contributed by atoms with Gasteiger partial charge in [0.1, 0.15) is 0 Å². The quantitative estimate of drug-likeness (QED) is 0.320. The molecule has 0 heterocycles. The number of esters is 3. The third kappa shape index (κ3) is 13.0. The fourth-order valence-electron chi connectivity index (χ4n) is 0.167. The van der Waals surface area contributed by atoms with Crippen LogP contribution in [0.3, 0.4) is 0 Å². The van der Waals surface area contributed by atoms with E-state index in [1.165, 1.54) is 14.0 Å². The van der Waals surface area contributed by atoms with Gasteiger partial charge in [-0.2, -0.15) is 0 Å². The van der Waals surface area contributed by atoms with Gasteiger partial charge < -0.3 is 14.2 Å². The molecule has 6 nitrogen and oxygen atoms in total. The van der Waals surface area contributed by atoms with E-state index in [1.807, 2.05) is 0 Å². The lowest BCUT2D eigenvalue weighted by atomic mass is 10.7. The van der Waals surface area contributed by atoms with Gasteiger partial charge in [-0.3, -0.25) is 4.79 Å². The lowest BCUT2D eigenvalue weighted by Crippen LogP contribution is -2.16. The first kappa shape index (κ1) is 18.2. The predicted octanol–water partition coefficient (Wildman–Crippen LogP) is 0.148. The molecule has 0 fully saturated rings. The molecule has 0 aromatic carbocycles. The van der Waals surface area contributed by atoms with E-state index >= 15 is 0 Å². The van der Waals surface area contributed by atoms with E-state index in [-0.39, 0.29) is 13.4 Å². The van der Waals surface area contributed by atoms with Gasteiger partial charge in [0.2, 0.25) is 0 Å². The van der Waals surface area contributed by atoms with E-state index < -0.39 is 11.9 Å². The van der Waals surface area contributed by atoms with Crippen LogP contribution in [-0.2, 0) is 28.6 Å². The summed E-state index contributed by atoms with van der Waals surface area (Å²) in [5.74, 6) is -2.20. The van der Waals surface area contributed by atoms with Crippen molar-refractivity contribution in [3.05, 3.63) is 0 Å². The average molecular weight is 208 g/mol. The fraction of sp³-hybridized carbons (Fsp3) is 0.625. The molecule has 0 aromatic rings. The smallest absolute Gasteiger partial charge is 0.417 e. The van der Waals surface area contributed by atoms with E-state index in [0.717, 1.165) is 14.2 Å². The molecule has 0 aliphatic heterocycles. The summed E-state index contributed by atoms with van der Waals surface area (Å²) in [5, 5.41) is 0. The van der Waals surface area contributed by atoms with Gasteiger partial charge in [-0.25, -0.2) is 9.59 Å². The molecule has 0 aliphatic carbocycles. The lowest BCUT2D eigenvalue weighted by Gasteiger charge is -1.92. The molecule has 0 saturated heterocycles. The Morgan fingerprint density at radius 1 is 0.786 bits per heavy atom. The van der Waals surface area contributed by atoms with Crippen LogP contribution in [0.2, 0.25) is 0 Å². The summed E-state index contributed by atoms with van der Waals surface area (Å²) in [6, 6.07) is 0. The zero-order valence-corrected chi connectivity index (χ0v) is 7.95. The molecule has 0 unspecified atom stereocenters. The van der Waals surface area contributed by atoms with Crippen LogP contribution in [0, 0.1) is 0 Å². The number of carbonyl (C=O) groups excluding carboxylic acids is 3. The monoisotopic (exact) mass is 208 g/mol. The molecule has 6 heteroatoms. The normalized spacial score (nSPS) is 6.86. The molecule has 0 radical (unpaired) electrons. The Kier molecular flexibility index (Phi) is 14.9. The highest BCUT2D eigenvalue weighted by molar-refractivity contribution is 6.29. The predicted molar refractivity (Wildman–Crippen MR) is 48.5 cm³/mol. The maximum absolute atomic E-state index is 10.0. The molecule has 0 N–H and O–H groups in total. The van der Waals surface area contributed by atoms with E-state index in [1.54, 1.807) is 0 Å². The van der Waals surface area contributed by atoms with E-state index in [0.29, 0.717) is 0 Å². The van der Waals surface area contributed by atoms with Gasteiger partial charge in [0.15, 0.2) is 0 Å². The number of hydrogen-bond acceptors (Lipinski definition) is 6. The van der Waals surface area contributed by atoms with Crippen molar-refractivity contribution in [1.82, 2.24) is 0 Å². The molecule has 0 rings (SSSR count). The lowest BCUT2D eigenvalue weighted by molar-refractivity contribution is -0.164. The first-order valence-corrected chi connectivity index (χ1v) is 3.20. The van der Waals surface area contributed by atoms with Gasteiger partial charge in [-0.15, -0.1) is 0 Å². The summed E-state index contributed by atoms with van der Waals surface area (Å²) in [6.45, 7) is 1.36. The van der Waals surface area contributed by atoms with Crippen LogP contribution in [0.4, 0.5) is 0 Å². The SMILES string of the molecule is C.COC(=O)C(=O)OC.COC(C)=O. The molecular weight excluding hydrogens is 192 g/mol.